The van der Waals surface area contributed by atoms with Crippen LogP contribution in [0, 0.1) is 0 Å². The minimum atomic E-state index is -0.782. The van der Waals surface area contributed by atoms with Crippen molar-refractivity contribution in [2.75, 3.05) is 13.2 Å². The van der Waals surface area contributed by atoms with Gasteiger partial charge in [-0.1, -0.05) is 261 Å². The summed E-state index contributed by atoms with van der Waals surface area (Å²) in [7, 11) is 0. The molecule has 0 fully saturated rings. The zero-order valence-corrected chi connectivity index (χ0v) is 46.3. The zero-order valence-electron chi connectivity index (χ0n) is 46.3. The molecule has 0 amide bonds. The van der Waals surface area contributed by atoms with Crippen molar-refractivity contribution in [3.63, 3.8) is 0 Å². The molecule has 404 valence electrons. The monoisotopic (exact) mass is 977 g/mol. The molecule has 0 heterocycles. The highest BCUT2D eigenvalue weighted by molar-refractivity contribution is 5.71. The Kier molecular flexibility index (Phi) is 55.8. The van der Waals surface area contributed by atoms with Crippen molar-refractivity contribution in [1.82, 2.24) is 0 Å². The van der Waals surface area contributed by atoms with E-state index in [0.29, 0.717) is 19.3 Å². The summed E-state index contributed by atoms with van der Waals surface area (Å²) in [6.45, 7) is 6.52. The van der Waals surface area contributed by atoms with E-state index in [1.54, 1.807) is 0 Å². The summed E-state index contributed by atoms with van der Waals surface area (Å²) in [6.07, 6.45) is 74.6. The SMILES string of the molecule is CC/C=C\C/C=C\C/C=C\C/C=C\CCCCCCCCCCC(=O)OCC(COC(=O)CCCCCCCCCCCCCCCC)OC(=O)CCCCCCCCC/C=C\C/C=C\CCCCC. The Morgan fingerprint density at radius 2 is 0.557 bits per heavy atom. The van der Waals surface area contributed by atoms with E-state index in [0.717, 1.165) is 103 Å². The third-order valence-electron chi connectivity index (χ3n) is 12.9. The number of unbranched alkanes of at least 4 members (excludes halogenated alkanes) is 31. The molecular weight excluding hydrogens is 865 g/mol. The van der Waals surface area contributed by atoms with Crippen molar-refractivity contribution >= 4 is 17.9 Å². The topological polar surface area (TPSA) is 78.9 Å². The lowest BCUT2D eigenvalue weighted by atomic mass is 10.0. The molecule has 70 heavy (non-hydrogen) atoms. The molecule has 0 aliphatic rings. The van der Waals surface area contributed by atoms with Crippen LogP contribution >= 0.6 is 0 Å². The van der Waals surface area contributed by atoms with E-state index in [2.05, 4.69) is 93.7 Å². The van der Waals surface area contributed by atoms with Crippen LogP contribution < -0.4 is 0 Å². The molecule has 0 radical (unpaired) electrons. The van der Waals surface area contributed by atoms with Gasteiger partial charge in [-0.25, -0.2) is 0 Å². The first kappa shape index (κ1) is 66.9. The van der Waals surface area contributed by atoms with Crippen LogP contribution in [0.2, 0.25) is 0 Å². The number of carbonyl (C=O) groups is 3. The summed E-state index contributed by atoms with van der Waals surface area (Å²) in [6, 6.07) is 0. The van der Waals surface area contributed by atoms with Gasteiger partial charge in [0.05, 0.1) is 0 Å². The number of rotatable bonds is 54. The number of allylic oxidation sites excluding steroid dienone is 12. The summed E-state index contributed by atoms with van der Waals surface area (Å²) in [5.74, 6) is -0.883. The van der Waals surface area contributed by atoms with E-state index >= 15 is 0 Å². The van der Waals surface area contributed by atoms with E-state index in [1.165, 1.54) is 154 Å². The van der Waals surface area contributed by atoms with E-state index in [1.807, 2.05) is 0 Å². The van der Waals surface area contributed by atoms with Crippen molar-refractivity contribution < 1.29 is 28.6 Å². The van der Waals surface area contributed by atoms with Crippen LogP contribution in [-0.4, -0.2) is 37.2 Å². The summed E-state index contributed by atoms with van der Waals surface area (Å²) < 4.78 is 16.9. The van der Waals surface area contributed by atoms with Gasteiger partial charge in [-0.3, -0.25) is 14.4 Å². The Labute approximate surface area is 433 Å². The van der Waals surface area contributed by atoms with Crippen molar-refractivity contribution in [2.45, 2.75) is 303 Å². The Morgan fingerprint density at radius 1 is 0.300 bits per heavy atom. The lowest BCUT2D eigenvalue weighted by molar-refractivity contribution is -0.167. The fourth-order valence-corrected chi connectivity index (χ4v) is 8.47. The van der Waals surface area contributed by atoms with Crippen molar-refractivity contribution in [3.8, 4) is 0 Å². The van der Waals surface area contributed by atoms with Crippen LogP contribution in [0.3, 0.4) is 0 Å². The number of hydrogen-bond acceptors (Lipinski definition) is 6. The van der Waals surface area contributed by atoms with Crippen LogP contribution in [0.5, 0.6) is 0 Å². The van der Waals surface area contributed by atoms with Crippen LogP contribution in [0.25, 0.3) is 0 Å². The molecule has 0 saturated carbocycles. The molecule has 0 bridgehead atoms. The second-order valence-corrected chi connectivity index (χ2v) is 19.9. The number of carbonyl (C=O) groups excluding carboxylic acids is 3. The van der Waals surface area contributed by atoms with E-state index in [4.69, 9.17) is 14.2 Å². The van der Waals surface area contributed by atoms with Gasteiger partial charge in [0.25, 0.3) is 0 Å². The fourth-order valence-electron chi connectivity index (χ4n) is 8.47. The highest BCUT2D eigenvalue weighted by Gasteiger charge is 2.19. The third kappa shape index (κ3) is 55.8. The molecule has 0 aliphatic carbocycles. The van der Waals surface area contributed by atoms with Crippen molar-refractivity contribution in [2.24, 2.45) is 0 Å². The molecule has 0 aromatic carbocycles. The average Bonchev–Trinajstić information content (AvgIpc) is 3.36. The number of esters is 3. The van der Waals surface area contributed by atoms with E-state index in [-0.39, 0.29) is 31.1 Å². The molecule has 0 aromatic heterocycles. The van der Waals surface area contributed by atoms with Crippen molar-refractivity contribution in [3.05, 3.63) is 72.9 Å². The molecule has 1 atom stereocenters. The zero-order chi connectivity index (χ0) is 50.7. The quantitative estimate of drug-likeness (QED) is 0.0261. The first-order valence-electron chi connectivity index (χ1n) is 29.9. The lowest BCUT2D eigenvalue weighted by Gasteiger charge is -2.18. The van der Waals surface area contributed by atoms with Gasteiger partial charge in [-0.05, 0) is 89.9 Å². The maximum absolute atomic E-state index is 12.9. The molecule has 1 unspecified atom stereocenters. The van der Waals surface area contributed by atoms with E-state index in [9.17, 15) is 14.4 Å². The first-order valence-corrected chi connectivity index (χ1v) is 29.9. The van der Waals surface area contributed by atoms with Crippen molar-refractivity contribution in [1.29, 1.82) is 0 Å². The molecular formula is C64H112O6. The molecule has 0 saturated heterocycles. The maximum atomic E-state index is 12.9. The Bertz CT molecular complexity index is 1310. The molecule has 6 nitrogen and oxygen atoms in total. The van der Waals surface area contributed by atoms with Crippen LogP contribution in [0.4, 0.5) is 0 Å². The maximum Gasteiger partial charge on any atom is 0.306 e. The third-order valence-corrected chi connectivity index (χ3v) is 12.9. The lowest BCUT2D eigenvalue weighted by Crippen LogP contribution is -2.30. The minimum Gasteiger partial charge on any atom is -0.462 e. The van der Waals surface area contributed by atoms with Gasteiger partial charge < -0.3 is 14.2 Å². The fraction of sp³-hybridized carbons (Fsp3) is 0.766. The molecule has 0 N–H and O–H groups in total. The second kappa shape index (κ2) is 58.4. The highest BCUT2D eigenvalue weighted by Crippen LogP contribution is 2.16. The Hall–Kier alpha value is -3.15. The van der Waals surface area contributed by atoms with Gasteiger partial charge in [0.15, 0.2) is 6.10 Å². The van der Waals surface area contributed by atoms with Gasteiger partial charge in [-0.15, -0.1) is 0 Å². The van der Waals surface area contributed by atoms with Gasteiger partial charge in [0.1, 0.15) is 13.2 Å². The second-order valence-electron chi connectivity index (χ2n) is 19.9. The summed E-state index contributed by atoms with van der Waals surface area (Å²) in [5.41, 5.74) is 0. The van der Waals surface area contributed by atoms with E-state index < -0.39 is 6.10 Å². The molecule has 0 rings (SSSR count). The molecule has 0 aromatic rings. The van der Waals surface area contributed by atoms with Gasteiger partial charge in [-0.2, -0.15) is 0 Å². The predicted octanol–water partition coefficient (Wildman–Crippen LogP) is 20.2. The number of hydrogen-bond donors (Lipinski definition) is 0. The van der Waals surface area contributed by atoms with Crippen LogP contribution in [0.1, 0.15) is 297 Å². The Morgan fingerprint density at radius 3 is 0.900 bits per heavy atom. The molecule has 6 heteroatoms. The minimum absolute atomic E-state index is 0.0785. The Balaban J connectivity index is 4.37. The van der Waals surface area contributed by atoms with Crippen LogP contribution in [-0.2, 0) is 28.6 Å². The summed E-state index contributed by atoms with van der Waals surface area (Å²) >= 11 is 0. The normalized spacial score (nSPS) is 12.6. The molecule has 0 spiro atoms. The largest absolute Gasteiger partial charge is 0.462 e. The average molecular weight is 978 g/mol. The van der Waals surface area contributed by atoms with Gasteiger partial charge >= 0.3 is 17.9 Å². The standard InChI is InChI=1S/C64H112O6/c1-4-7-10-13-16-19-22-25-28-30-31-32-33-35-36-39-42-45-48-51-54-57-63(66)69-60-61(59-68-62(65)56-53-50-47-44-41-38-27-24-21-18-15-12-9-6-3)70-64(67)58-55-52-49-46-43-40-37-34-29-26-23-20-17-14-11-8-5-2/h7,10,16-17,19-20,25-26,28-29,31-32,61H,4-6,8-9,11-15,18,21-24,27,30,33-60H2,1-3H3/b10-7-,19-16-,20-17-,28-25-,29-26-,32-31-. The smallest absolute Gasteiger partial charge is 0.306 e. The first-order chi connectivity index (χ1) is 34.5. The van der Waals surface area contributed by atoms with Crippen LogP contribution in [0.15, 0.2) is 72.9 Å². The molecule has 0 aliphatic heterocycles. The van der Waals surface area contributed by atoms with Gasteiger partial charge in [0, 0.05) is 19.3 Å². The number of ether oxygens (including phenoxy) is 3. The van der Waals surface area contributed by atoms with Gasteiger partial charge in [0.2, 0.25) is 0 Å². The summed E-state index contributed by atoms with van der Waals surface area (Å²) in [4.78, 5) is 38.2. The summed E-state index contributed by atoms with van der Waals surface area (Å²) in [5, 5.41) is 0. The predicted molar refractivity (Wildman–Crippen MR) is 302 cm³/mol. The highest BCUT2D eigenvalue weighted by atomic mass is 16.6.